The van der Waals surface area contributed by atoms with E-state index in [0.717, 1.165) is 36.8 Å². The van der Waals surface area contributed by atoms with E-state index in [1.54, 1.807) is 6.92 Å². The molecule has 2 aliphatic rings. The van der Waals surface area contributed by atoms with Crippen LogP contribution in [0.2, 0.25) is 0 Å². The summed E-state index contributed by atoms with van der Waals surface area (Å²) in [5.41, 5.74) is -1.31. The number of aliphatic hydroxyl groups is 1. The number of hydrogen-bond acceptors (Lipinski definition) is 3. The van der Waals surface area contributed by atoms with Crippen LogP contribution in [0.25, 0.3) is 0 Å². The predicted octanol–water partition coefficient (Wildman–Crippen LogP) is 2.24. The van der Waals surface area contributed by atoms with E-state index in [1.165, 1.54) is 32.4 Å². The summed E-state index contributed by atoms with van der Waals surface area (Å²) in [5.74, 6) is -0.423. The minimum Gasteiger partial charge on any atom is -0.454 e. The summed E-state index contributed by atoms with van der Waals surface area (Å²) in [6.07, 6.45) is 7.23. The van der Waals surface area contributed by atoms with Gasteiger partial charge in [0.15, 0.2) is 11.7 Å². The zero-order valence-corrected chi connectivity index (χ0v) is 13.1. The van der Waals surface area contributed by atoms with E-state index >= 15 is 0 Å². The molecular weight excluding hydrogens is 254 g/mol. The number of esters is 1. The molecule has 0 saturated carbocycles. The third-order valence-corrected chi connectivity index (χ3v) is 5.01. The zero-order valence-electron chi connectivity index (χ0n) is 13.1. The number of piperidine rings is 1. The summed E-state index contributed by atoms with van der Waals surface area (Å²) in [6, 6.07) is 0. The Hall–Kier alpha value is -0.610. The Labute approximate surface area is 122 Å². The molecule has 2 rings (SSSR count). The maximum Gasteiger partial charge on any atom is 0.338 e. The highest BCUT2D eigenvalue weighted by atomic mass is 16.6. The highest BCUT2D eigenvalue weighted by molar-refractivity contribution is 5.78. The van der Waals surface area contributed by atoms with Gasteiger partial charge >= 0.3 is 5.97 Å². The van der Waals surface area contributed by atoms with E-state index in [2.05, 4.69) is 6.92 Å². The predicted molar refractivity (Wildman–Crippen MR) is 78.2 cm³/mol. The molecule has 4 nitrogen and oxygen atoms in total. The van der Waals surface area contributed by atoms with Gasteiger partial charge in [-0.2, -0.15) is 0 Å². The summed E-state index contributed by atoms with van der Waals surface area (Å²) in [7, 11) is 0. The van der Waals surface area contributed by atoms with Crippen molar-refractivity contribution in [2.45, 2.75) is 70.5 Å². The van der Waals surface area contributed by atoms with Crippen molar-refractivity contribution in [3.8, 4) is 0 Å². The van der Waals surface area contributed by atoms with Gasteiger partial charge in [0.1, 0.15) is 6.54 Å². The first-order chi connectivity index (χ1) is 9.47. The molecule has 2 saturated heterocycles. The number of carbonyl (C=O) groups excluding carboxylic acids is 1. The van der Waals surface area contributed by atoms with Crippen LogP contribution >= 0.6 is 0 Å². The maximum absolute atomic E-state index is 12.1. The molecule has 2 fully saturated rings. The van der Waals surface area contributed by atoms with E-state index in [-0.39, 0.29) is 6.10 Å². The topological polar surface area (TPSA) is 46.5 Å². The smallest absolute Gasteiger partial charge is 0.338 e. The van der Waals surface area contributed by atoms with Gasteiger partial charge in [-0.05, 0) is 32.6 Å². The highest BCUT2D eigenvalue weighted by Crippen LogP contribution is 2.28. The van der Waals surface area contributed by atoms with Crippen LogP contribution in [0.5, 0.6) is 0 Å². The van der Waals surface area contributed by atoms with Gasteiger partial charge < -0.3 is 14.3 Å². The molecule has 20 heavy (non-hydrogen) atoms. The Bertz CT molecular complexity index is 335. The van der Waals surface area contributed by atoms with Crippen molar-refractivity contribution in [2.24, 2.45) is 0 Å². The molecule has 4 heteroatoms. The lowest BCUT2D eigenvalue weighted by Crippen LogP contribution is -2.50. The number of unbranched alkanes of at least 4 members (excludes halogenated alkanes) is 1. The van der Waals surface area contributed by atoms with Crippen LogP contribution in [0.4, 0.5) is 0 Å². The summed E-state index contributed by atoms with van der Waals surface area (Å²) in [6.45, 7) is 8.21. The normalized spacial score (nSPS) is 28.2. The molecule has 2 aliphatic heterocycles. The third kappa shape index (κ3) is 3.73. The van der Waals surface area contributed by atoms with E-state index in [1.807, 2.05) is 0 Å². The van der Waals surface area contributed by atoms with Gasteiger partial charge in [0.05, 0.1) is 19.6 Å². The minimum absolute atomic E-state index is 0.00806. The number of ether oxygens (including phenoxy) is 1. The van der Waals surface area contributed by atoms with Gasteiger partial charge in [0, 0.05) is 6.42 Å². The molecule has 0 aliphatic carbocycles. The molecule has 2 unspecified atom stereocenters. The van der Waals surface area contributed by atoms with Gasteiger partial charge in [-0.25, -0.2) is 4.79 Å². The fraction of sp³-hybridized carbons (Fsp3) is 0.938. The van der Waals surface area contributed by atoms with Crippen LogP contribution in [-0.4, -0.2) is 53.4 Å². The van der Waals surface area contributed by atoms with Crippen LogP contribution in [-0.2, 0) is 9.53 Å². The maximum atomic E-state index is 12.1. The summed E-state index contributed by atoms with van der Waals surface area (Å²) in [4.78, 5) is 12.1. The molecule has 0 amide bonds. The Balaban J connectivity index is 1.83. The average molecular weight is 284 g/mol. The minimum atomic E-state index is -1.31. The fourth-order valence-corrected chi connectivity index (χ4v) is 3.62. The number of carbonyl (C=O) groups is 1. The molecule has 1 N–H and O–H groups in total. The second kappa shape index (κ2) is 6.44. The summed E-state index contributed by atoms with van der Waals surface area (Å²) in [5, 5.41) is 10.2. The Kier molecular flexibility index (Phi) is 5.08. The zero-order chi connectivity index (χ0) is 14.6. The molecule has 0 bridgehead atoms. The lowest BCUT2D eigenvalue weighted by atomic mass is 9.99. The van der Waals surface area contributed by atoms with Crippen LogP contribution in [0.3, 0.4) is 0 Å². The standard InChI is InChI=1S/C16H30NO3/c1-3-4-9-16(2,19)15(18)20-14-8-12-17(13-14)10-6-5-7-11-17/h14,19H,3-13H2,1-2H3/q+1. The fourth-order valence-electron chi connectivity index (χ4n) is 3.62. The molecule has 0 aromatic heterocycles. The van der Waals surface area contributed by atoms with E-state index in [0.29, 0.717) is 6.42 Å². The molecule has 1 spiro atoms. The van der Waals surface area contributed by atoms with Crippen LogP contribution < -0.4 is 0 Å². The van der Waals surface area contributed by atoms with Gasteiger partial charge in [-0.15, -0.1) is 0 Å². The van der Waals surface area contributed by atoms with E-state index in [4.69, 9.17) is 4.74 Å². The molecule has 0 aromatic carbocycles. The van der Waals surface area contributed by atoms with Gasteiger partial charge in [0.25, 0.3) is 0 Å². The first kappa shape index (κ1) is 15.8. The summed E-state index contributed by atoms with van der Waals surface area (Å²) >= 11 is 0. The first-order valence-electron chi connectivity index (χ1n) is 8.26. The van der Waals surface area contributed by atoms with Crippen molar-refractivity contribution in [1.82, 2.24) is 0 Å². The summed E-state index contributed by atoms with van der Waals surface area (Å²) < 4.78 is 6.73. The number of rotatable bonds is 5. The molecule has 2 atom stereocenters. The van der Waals surface area contributed by atoms with Crippen molar-refractivity contribution in [1.29, 1.82) is 0 Å². The number of quaternary nitrogens is 1. The third-order valence-electron chi connectivity index (χ3n) is 5.01. The van der Waals surface area contributed by atoms with Crippen molar-refractivity contribution in [3.05, 3.63) is 0 Å². The Morgan fingerprint density at radius 2 is 2.00 bits per heavy atom. The molecule has 0 aromatic rings. The SMILES string of the molecule is CCCCC(C)(O)C(=O)OC1CC[N+]2(CCCCC2)C1. The van der Waals surface area contributed by atoms with Gasteiger partial charge in [-0.3, -0.25) is 0 Å². The second-order valence-corrected chi connectivity index (χ2v) is 6.95. The lowest BCUT2D eigenvalue weighted by Gasteiger charge is -2.37. The van der Waals surface area contributed by atoms with E-state index < -0.39 is 11.6 Å². The van der Waals surface area contributed by atoms with Crippen molar-refractivity contribution >= 4 is 5.97 Å². The van der Waals surface area contributed by atoms with Crippen LogP contribution in [0, 0.1) is 0 Å². The monoisotopic (exact) mass is 284 g/mol. The second-order valence-electron chi connectivity index (χ2n) is 6.95. The Morgan fingerprint density at radius 1 is 1.30 bits per heavy atom. The van der Waals surface area contributed by atoms with Crippen LogP contribution in [0.15, 0.2) is 0 Å². The molecule has 2 heterocycles. The molecular formula is C16H30NO3+. The van der Waals surface area contributed by atoms with Crippen LogP contribution in [0.1, 0.15) is 58.8 Å². The van der Waals surface area contributed by atoms with Gasteiger partial charge in [0.2, 0.25) is 0 Å². The first-order valence-corrected chi connectivity index (χ1v) is 8.26. The lowest BCUT2D eigenvalue weighted by molar-refractivity contribution is -0.922. The van der Waals surface area contributed by atoms with Crippen molar-refractivity contribution < 1.29 is 19.1 Å². The number of nitrogens with zero attached hydrogens (tertiary/aromatic N) is 1. The van der Waals surface area contributed by atoms with E-state index in [9.17, 15) is 9.90 Å². The molecule has 0 radical (unpaired) electrons. The van der Waals surface area contributed by atoms with Gasteiger partial charge in [-0.1, -0.05) is 19.8 Å². The average Bonchev–Trinajstić information content (AvgIpc) is 2.80. The largest absolute Gasteiger partial charge is 0.454 e. The quantitative estimate of drug-likeness (QED) is 0.622. The van der Waals surface area contributed by atoms with Crippen molar-refractivity contribution in [2.75, 3.05) is 26.2 Å². The Morgan fingerprint density at radius 3 is 2.65 bits per heavy atom. The number of hydrogen-bond donors (Lipinski definition) is 1. The molecule has 116 valence electrons. The highest BCUT2D eigenvalue weighted by Gasteiger charge is 2.42. The van der Waals surface area contributed by atoms with Crippen molar-refractivity contribution in [3.63, 3.8) is 0 Å².